The van der Waals surface area contributed by atoms with Gasteiger partial charge in [-0.3, -0.25) is 10.00 Å². The number of rotatable bonds is 7. The number of aromatic nitrogens is 3. The zero-order chi connectivity index (χ0) is 17.5. The predicted octanol–water partition coefficient (Wildman–Crippen LogP) is 2.62. The Balaban J connectivity index is 1.71. The van der Waals surface area contributed by atoms with Gasteiger partial charge in [-0.1, -0.05) is 13.0 Å². The Kier molecular flexibility index (Phi) is 6.17. The maximum Gasteiger partial charge on any atom is 0.320 e. The molecule has 0 aliphatic heterocycles. The Morgan fingerprint density at radius 3 is 2.71 bits per heavy atom. The Morgan fingerprint density at radius 1 is 1.25 bits per heavy atom. The first-order chi connectivity index (χ1) is 11.5. The summed E-state index contributed by atoms with van der Waals surface area (Å²) in [4.78, 5) is 16.3. The molecule has 0 bridgehead atoms. The number of anilines is 2. The second-order valence-electron chi connectivity index (χ2n) is 5.77. The molecule has 2 heterocycles. The van der Waals surface area contributed by atoms with Gasteiger partial charge in [0.1, 0.15) is 11.6 Å². The normalized spacial score (nSPS) is 10.5. The zero-order valence-corrected chi connectivity index (χ0v) is 14.8. The molecule has 7 heteroatoms. The first-order valence-corrected chi connectivity index (χ1v) is 8.25. The molecule has 0 saturated heterocycles. The summed E-state index contributed by atoms with van der Waals surface area (Å²) in [5.41, 5.74) is 3.15. The molecule has 0 spiro atoms. The van der Waals surface area contributed by atoms with E-state index in [2.05, 4.69) is 33.0 Å². The van der Waals surface area contributed by atoms with Crippen LogP contribution in [0.25, 0.3) is 0 Å². The largest absolute Gasteiger partial charge is 0.370 e. The Morgan fingerprint density at radius 2 is 2.04 bits per heavy atom. The molecule has 0 aromatic carbocycles. The highest BCUT2D eigenvalue weighted by atomic mass is 16.2. The lowest BCUT2D eigenvalue weighted by molar-refractivity contribution is 0.252. The summed E-state index contributed by atoms with van der Waals surface area (Å²) >= 11 is 0. The van der Waals surface area contributed by atoms with Crippen molar-refractivity contribution in [3.63, 3.8) is 0 Å². The van der Waals surface area contributed by atoms with E-state index >= 15 is 0 Å². The first kappa shape index (κ1) is 17.8. The molecule has 2 aromatic heterocycles. The summed E-state index contributed by atoms with van der Waals surface area (Å²) in [7, 11) is 1.83. The van der Waals surface area contributed by atoms with Crippen LogP contribution < -0.4 is 16.0 Å². The van der Waals surface area contributed by atoms with Gasteiger partial charge in [-0.05, 0) is 38.3 Å². The van der Waals surface area contributed by atoms with Gasteiger partial charge in [0.15, 0.2) is 0 Å². The third kappa shape index (κ3) is 4.71. The van der Waals surface area contributed by atoms with Crippen molar-refractivity contribution in [2.24, 2.45) is 7.05 Å². The number of aryl methyl sites for hydroxylation is 3. The van der Waals surface area contributed by atoms with Crippen molar-refractivity contribution >= 4 is 17.7 Å². The van der Waals surface area contributed by atoms with Crippen LogP contribution in [-0.2, 0) is 13.5 Å². The fraction of sp³-hybridized carbons (Fsp3) is 0.471. The zero-order valence-electron chi connectivity index (χ0n) is 14.8. The van der Waals surface area contributed by atoms with E-state index in [-0.39, 0.29) is 6.03 Å². The third-order valence-corrected chi connectivity index (χ3v) is 3.79. The second kappa shape index (κ2) is 8.33. The SMILES string of the molecule is CCc1c(C)nn(C)c1NC(=O)NCCCNc1ccc(C)cn1. The quantitative estimate of drug-likeness (QED) is 0.681. The number of hydrogen-bond acceptors (Lipinski definition) is 4. The third-order valence-electron chi connectivity index (χ3n) is 3.79. The first-order valence-electron chi connectivity index (χ1n) is 8.25. The number of nitrogens with zero attached hydrogens (tertiary/aromatic N) is 3. The van der Waals surface area contributed by atoms with E-state index in [4.69, 9.17) is 0 Å². The molecule has 130 valence electrons. The predicted molar refractivity (Wildman–Crippen MR) is 96.4 cm³/mol. The molecule has 0 radical (unpaired) electrons. The number of urea groups is 1. The molecule has 24 heavy (non-hydrogen) atoms. The van der Waals surface area contributed by atoms with Crippen LogP contribution in [0, 0.1) is 13.8 Å². The number of amides is 2. The van der Waals surface area contributed by atoms with Crippen LogP contribution in [0.2, 0.25) is 0 Å². The van der Waals surface area contributed by atoms with Gasteiger partial charge in [0, 0.05) is 31.9 Å². The molecule has 0 fully saturated rings. The molecule has 7 nitrogen and oxygen atoms in total. The van der Waals surface area contributed by atoms with Crippen molar-refractivity contribution in [3.05, 3.63) is 35.2 Å². The molecule has 0 aliphatic rings. The summed E-state index contributed by atoms with van der Waals surface area (Å²) < 4.78 is 1.71. The molecule has 3 N–H and O–H groups in total. The van der Waals surface area contributed by atoms with E-state index in [1.54, 1.807) is 4.68 Å². The Bertz CT molecular complexity index is 677. The maximum absolute atomic E-state index is 12.0. The van der Waals surface area contributed by atoms with Crippen molar-refractivity contribution in [1.82, 2.24) is 20.1 Å². The number of carbonyl (C=O) groups is 1. The summed E-state index contributed by atoms with van der Waals surface area (Å²) in [6, 6.07) is 3.76. The van der Waals surface area contributed by atoms with Crippen LogP contribution in [0.4, 0.5) is 16.4 Å². The van der Waals surface area contributed by atoms with E-state index in [1.165, 1.54) is 0 Å². The van der Waals surface area contributed by atoms with E-state index in [0.29, 0.717) is 6.54 Å². The Hall–Kier alpha value is -2.57. The lowest BCUT2D eigenvalue weighted by Crippen LogP contribution is -2.31. The van der Waals surface area contributed by atoms with Crippen LogP contribution in [0.15, 0.2) is 18.3 Å². The monoisotopic (exact) mass is 330 g/mol. The van der Waals surface area contributed by atoms with Gasteiger partial charge in [-0.25, -0.2) is 9.78 Å². The molecule has 2 amide bonds. The average molecular weight is 330 g/mol. The highest BCUT2D eigenvalue weighted by molar-refractivity contribution is 5.89. The van der Waals surface area contributed by atoms with Gasteiger partial charge in [0.05, 0.1) is 5.69 Å². The summed E-state index contributed by atoms with van der Waals surface area (Å²) in [5, 5.41) is 13.3. The van der Waals surface area contributed by atoms with Crippen LogP contribution in [0.5, 0.6) is 0 Å². The van der Waals surface area contributed by atoms with Crippen molar-refractivity contribution in [2.75, 3.05) is 23.7 Å². The van der Waals surface area contributed by atoms with Crippen molar-refractivity contribution in [2.45, 2.75) is 33.6 Å². The van der Waals surface area contributed by atoms with Crippen LogP contribution in [0.3, 0.4) is 0 Å². The Labute approximate surface area is 142 Å². The summed E-state index contributed by atoms with van der Waals surface area (Å²) in [5.74, 6) is 1.61. The second-order valence-corrected chi connectivity index (χ2v) is 5.77. The van der Waals surface area contributed by atoms with Gasteiger partial charge < -0.3 is 10.6 Å². The summed E-state index contributed by atoms with van der Waals surface area (Å²) in [6.45, 7) is 7.35. The lowest BCUT2D eigenvalue weighted by atomic mass is 10.2. The molecular formula is C17H26N6O. The van der Waals surface area contributed by atoms with E-state index < -0.39 is 0 Å². The van der Waals surface area contributed by atoms with Gasteiger partial charge in [-0.2, -0.15) is 5.10 Å². The van der Waals surface area contributed by atoms with Gasteiger partial charge >= 0.3 is 6.03 Å². The van der Waals surface area contributed by atoms with Crippen molar-refractivity contribution < 1.29 is 4.79 Å². The highest BCUT2D eigenvalue weighted by Crippen LogP contribution is 2.18. The highest BCUT2D eigenvalue weighted by Gasteiger charge is 2.13. The number of hydrogen-bond donors (Lipinski definition) is 3. The smallest absolute Gasteiger partial charge is 0.320 e. The van der Waals surface area contributed by atoms with E-state index in [0.717, 1.165) is 47.8 Å². The van der Waals surface area contributed by atoms with Crippen molar-refractivity contribution in [1.29, 1.82) is 0 Å². The van der Waals surface area contributed by atoms with Crippen LogP contribution >= 0.6 is 0 Å². The fourth-order valence-electron chi connectivity index (χ4n) is 2.51. The number of pyridine rings is 1. The fourth-order valence-corrected chi connectivity index (χ4v) is 2.51. The molecular weight excluding hydrogens is 304 g/mol. The molecule has 0 atom stereocenters. The topological polar surface area (TPSA) is 83.9 Å². The minimum atomic E-state index is -0.207. The van der Waals surface area contributed by atoms with Crippen molar-refractivity contribution in [3.8, 4) is 0 Å². The molecule has 2 rings (SSSR count). The molecule has 0 saturated carbocycles. The number of nitrogens with one attached hydrogen (secondary N) is 3. The van der Waals surface area contributed by atoms with Gasteiger partial charge in [-0.15, -0.1) is 0 Å². The standard InChI is InChI=1S/C17H26N6O/c1-5-14-13(3)22-23(4)16(14)21-17(24)19-10-6-9-18-15-8-7-12(2)11-20-15/h7-8,11H,5-6,9-10H2,1-4H3,(H,18,20)(H2,19,21,24). The van der Waals surface area contributed by atoms with Crippen LogP contribution in [-0.4, -0.2) is 33.9 Å². The minimum Gasteiger partial charge on any atom is -0.370 e. The number of carbonyl (C=O) groups excluding carboxylic acids is 1. The van der Waals surface area contributed by atoms with E-state index in [1.807, 2.05) is 39.2 Å². The summed E-state index contributed by atoms with van der Waals surface area (Å²) in [6.07, 6.45) is 3.48. The molecule has 0 aliphatic carbocycles. The molecule has 0 unspecified atom stereocenters. The van der Waals surface area contributed by atoms with Gasteiger partial charge in [0.25, 0.3) is 0 Å². The minimum absolute atomic E-state index is 0.207. The molecule has 2 aromatic rings. The van der Waals surface area contributed by atoms with E-state index in [9.17, 15) is 4.79 Å². The van der Waals surface area contributed by atoms with Crippen LogP contribution in [0.1, 0.15) is 30.2 Å². The van der Waals surface area contributed by atoms with Gasteiger partial charge in [0.2, 0.25) is 0 Å². The lowest BCUT2D eigenvalue weighted by Gasteiger charge is -2.10. The average Bonchev–Trinajstić information content (AvgIpc) is 2.82. The maximum atomic E-state index is 12.0.